The first-order valence-electron chi connectivity index (χ1n) is 4.68. The van der Waals surface area contributed by atoms with Crippen molar-refractivity contribution in [3.63, 3.8) is 0 Å². The van der Waals surface area contributed by atoms with E-state index < -0.39 is 0 Å². The maximum Gasteiger partial charge on any atom is 0.0887 e. The molecular formula is C10H13BrCl2S. The van der Waals surface area contributed by atoms with Crippen molar-refractivity contribution in [1.82, 2.24) is 0 Å². The monoisotopic (exact) mass is 314 g/mol. The number of halogens is 3. The number of hydrogen-bond donors (Lipinski definition) is 0. The van der Waals surface area contributed by atoms with Gasteiger partial charge in [0, 0.05) is 4.88 Å². The van der Waals surface area contributed by atoms with E-state index in [4.69, 9.17) is 23.2 Å². The average Bonchev–Trinajstić information content (AvgIpc) is 2.49. The molecule has 0 amide bonds. The Kier molecular flexibility index (Phi) is 5.26. The van der Waals surface area contributed by atoms with Crippen LogP contribution in [0, 0.1) is 5.92 Å². The molecule has 1 aromatic rings. The van der Waals surface area contributed by atoms with Crippen molar-refractivity contribution < 1.29 is 0 Å². The summed E-state index contributed by atoms with van der Waals surface area (Å²) in [6, 6.07) is 1.96. The summed E-state index contributed by atoms with van der Waals surface area (Å²) in [6.07, 6.45) is 2.22. The van der Waals surface area contributed by atoms with Gasteiger partial charge in [0.1, 0.15) is 0 Å². The zero-order valence-corrected chi connectivity index (χ0v) is 12.1. The van der Waals surface area contributed by atoms with Gasteiger partial charge in [-0.3, -0.25) is 0 Å². The standard InChI is InChI=1S/C10H13BrCl2S/c1-3-6(4-2)9(13)8-5-7(12)10(11)14-8/h5-6,9H,3-4H2,1-2H3. The lowest BCUT2D eigenvalue weighted by atomic mass is 9.98. The summed E-state index contributed by atoms with van der Waals surface area (Å²) in [5.41, 5.74) is 0. The van der Waals surface area contributed by atoms with Gasteiger partial charge in [-0.1, -0.05) is 38.3 Å². The Morgan fingerprint density at radius 2 is 2.00 bits per heavy atom. The molecular weight excluding hydrogens is 303 g/mol. The molecule has 1 rings (SSSR count). The van der Waals surface area contributed by atoms with Gasteiger partial charge in [-0.2, -0.15) is 0 Å². The molecule has 0 aromatic carbocycles. The van der Waals surface area contributed by atoms with E-state index in [1.54, 1.807) is 11.3 Å². The Morgan fingerprint density at radius 3 is 2.36 bits per heavy atom. The third-order valence-corrected chi connectivity index (χ3v) is 5.68. The number of alkyl halides is 1. The first-order valence-corrected chi connectivity index (χ1v) is 7.11. The van der Waals surface area contributed by atoms with Gasteiger partial charge < -0.3 is 0 Å². The Labute approximate surface area is 108 Å². The maximum absolute atomic E-state index is 6.39. The van der Waals surface area contributed by atoms with Crippen LogP contribution in [0.1, 0.15) is 36.9 Å². The lowest BCUT2D eigenvalue weighted by Crippen LogP contribution is -2.03. The van der Waals surface area contributed by atoms with Gasteiger partial charge in [-0.15, -0.1) is 22.9 Å². The van der Waals surface area contributed by atoms with Crippen LogP contribution in [0.25, 0.3) is 0 Å². The lowest BCUT2D eigenvalue weighted by Gasteiger charge is -2.17. The first-order chi connectivity index (χ1) is 6.60. The highest BCUT2D eigenvalue weighted by molar-refractivity contribution is 9.11. The molecule has 0 aliphatic heterocycles. The molecule has 0 aliphatic rings. The summed E-state index contributed by atoms with van der Waals surface area (Å²) < 4.78 is 0.978. The van der Waals surface area contributed by atoms with E-state index in [0.717, 1.165) is 26.5 Å². The highest BCUT2D eigenvalue weighted by atomic mass is 79.9. The minimum Gasteiger partial charge on any atom is -0.130 e. The van der Waals surface area contributed by atoms with Gasteiger partial charge in [0.15, 0.2) is 0 Å². The smallest absolute Gasteiger partial charge is 0.0887 e. The van der Waals surface area contributed by atoms with E-state index in [-0.39, 0.29) is 5.38 Å². The summed E-state index contributed by atoms with van der Waals surface area (Å²) in [4.78, 5) is 1.16. The van der Waals surface area contributed by atoms with Crippen LogP contribution in [0.2, 0.25) is 5.02 Å². The van der Waals surface area contributed by atoms with Gasteiger partial charge in [0.25, 0.3) is 0 Å². The molecule has 0 saturated carbocycles. The fourth-order valence-electron chi connectivity index (χ4n) is 1.43. The molecule has 0 nitrogen and oxygen atoms in total. The van der Waals surface area contributed by atoms with Gasteiger partial charge in [-0.05, 0) is 27.9 Å². The summed E-state index contributed by atoms with van der Waals surface area (Å²) in [5.74, 6) is 0.540. The minimum atomic E-state index is 0.0961. The third kappa shape index (κ3) is 2.88. The van der Waals surface area contributed by atoms with Crippen molar-refractivity contribution in [2.24, 2.45) is 5.92 Å². The molecule has 0 spiro atoms. The normalized spacial score (nSPS) is 13.6. The molecule has 1 atom stereocenters. The Bertz CT molecular complexity index is 275. The van der Waals surface area contributed by atoms with Crippen molar-refractivity contribution in [3.05, 3.63) is 19.8 Å². The molecule has 1 unspecified atom stereocenters. The average molecular weight is 316 g/mol. The topological polar surface area (TPSA) is 0 Å². The molecule has 0 aliphatic carbocycles. The number of thiophene rings is 1. The van der Waals surface area contributed by atoms with Crippen LogP contribution < -0.4 is 0 Å². The second-order valence-electron chi connectivity index (χ2n) is 3.25. The van der Waals surface area contributed by atoms with Crippen LogP contribution >= 0.6 is 50.5 Å². The Morgan fingerprint density at radius 1 is 1.43 bits per heavy atom. The fraction of sp³-hybridized carbons (Fsp3) is 0.600. The van der Waals surface area contributed by atoms with E-state index in [2.05, 4.69) is 29.8 Å². The Balaban J connectivity index is 2.82. The maximum atomic E-state index is 6.39. The SMILES string of the molecule is CCC(CC)C(Cl)c1cc(Cl)c(Br)s1. The molecule has 0 radical (unpaired) electrons. The molecule has 0 bridgehead atoms. The zero-order valence-electron chi connectivity index (χ0n) is 8.19. The van der Waals surface area contributed by atoms with Gasteiger partial charge in [0.05, 0.1) is 14.2 Å². The molecule has 0 saturated heterocycles. The van der Waals surface area contributed by atoms with Gasteiger partial charge in [0.2, 0.25) is 0 Å². The summed E-state index contributed by atoms with van der Waals surface area (Å²) in [6.45, 7) is 4.35. The molecule has 0 fully saturated rings. The van der Waals surface area contributed by atoms with Crippen molar-refractivity contribution >= 4 is 50.5 Å². The van der Waals surface area contributed by atoms with E-state index in [0.29, 0.717) is 5.92 Å². The summed E-state index contributed by atoms with van der Waals surface area (Å²) in [7, 11) is 0. The number of rotatable bonds is 4. The van der Waals surface area contributed by atoms with E-state index in [1.807, 2.05) is 6.07 Å². The zero-order chi connectivity index (χ0) is 10.7. The predicted molar refractivity (Wildman–Crippen MR) is 69.7 cm³/mol. The largest absolute Gasteiger partial charge is 0.130 e. The van der Waals surface area contributed by atoms with E-state index >= 15 is 0 Å². The lowest BCUT2D eigenvalue weighted by molar-refractivity contribution is 0.479. The molecule has 0 N–H and O–H groups in total. The number of hydrogen-bond acceptors (Lipinski definition) is 1. The van der Waals surface area contributed by atoms with Crippen LogP contribution in [-0.2, 0) is 0 Å². The minimum absolute atomic E-state index is 0.0961. The van der Waals surface area contributed by atoms with Gasteiger partial charge in [-0.25, -0.2) is 0 Å². The van der Waals surface area contributed by atoms with E-state index in [9.17, 15) is 0 Å². The predicted octanol–water partition coefficient (Wildman–Crippen LogP) is 5.88. The van der Waals surface area contributed by atoms with Crippen molar-refractivity contribution in [3.8, 4) is 0 Å². The van der Waals surface area contributed by atoms with Crippen LogP contribution in [-0.4, -0.2) is 0 Å². The third-order valence-electron chi connectivity index (χ3n) is 2.40. The molecule has 1 heterocycles. The molecule has 14 heavy (non-hydrogen) atoms. The quantitative estimate of drug-likeness (QED) is 0.608. The molecule has 1 aromatic heterocycles. The van der Waals surface area contributed by atoms with Crippen LogP contribution in [0.15, 0.2) is 9.85 Å². The summed E-state index contributed by atoms with van der Waals surface area (Å²) >= 11 is 17.4. The van der Waals surface area contributed by atoms with Crippen molar-refractivity contribution in [1.29, 1.82) is 0 Å². The van der Waals surface area contributed by atoms with Crippen molar-refractivity contribution in [2.75, 3.05) is 0 Å². The molecule has 4 heteroatoms. The summed E-state index contributed by atoms with van der Waals surface area (Å²) in [5, 5.41) is 0.861. The first kappa shape index (κ1) is 12.8. The van der Waals surface area contributed by atoms with Gasteiger partial charge >= 0.3 is 0 Å². The van der Waals surface area contributed by atoms with Crippen LogP contribution in [0.5, 0.6) is 0 Å². The molecule has 80 valence electrons. The Hall–Kier alpha value is 0.760. The van der Waals surface area contributed by atoms with Crippen molar-refractivity contribution in [2.45, 2.75) is 32.1 Å². The van der Waals surface area contributed by atoms with Crippen LogP contribution in [0.4, 0.5) is 0 Å². The highest BCUT2D eigenvalue weighted by Gasteiger charge is 2.20. The van der Waals surface area contributed by atoms with E-state index in [1.165, 1.54) is 0 Å². The fourth-order valence-corrected chi connectivity index (χ4v) is 3.81. The highest BCUT2D eigenvalue weighted by Crippen LogP contribution is 2.42. The van der Waals surface area contributed by atoms with Crippen LogP contribution in [0.3, 0.4) is 0 Å². The second-order valence-corrected chi connectivity index (χ2v) is 6.53. The second kappa shape index (κ2) is 5.74.